The fourth-order valence-corrected chi connectivity index (χ4v) is 3.83. The second-order valence-corrected chi connectivity index (χ2v) is 10.9. The molecule has 0 radical (unpaired) electrons. The van der Waals surface area contributed by atoms with E-state index in [0.717, 1.165) is 25.7 Å². The molecule has 31 heavy (non-hydrogen) atoms. The van der Waals surface area contributed by atoms with Crippen LogP contribution in [-0.4, -0.2) is 17.9 Å². The molecule has 0 atom stereocenters. The number of aryl methyl sites for hydroxylation is 2. The standard InChI is InChI=1S/C25H44O4S.Na/c1-5-7-9-11-13-15-17-22-19-23(18-16-14-12-10-8-6-2)21-24(20-22)29-25(3,4)30(26,27)28;/h19-21H,5-18H2,1-4H3,(H,26,27,28);/q;+1/p-1. The monoisotopic (exact) mass is 462 g/mol. The van der Waals surface area contributed by atoms with Gasteiger partial charge in [-0.25, -0.2) is 8.42 Å². The van der Waals surface area contributed by atoms with Crippen LogP contribution in [0.1, 0.15) is 116 Å². The SMILES string of the molecule is CCCCCCCCc1cc(CCCCCCCC)cc(OC(C)(C)S(=O)(=O)[O-])c1.[Na+]. The molecule has 0 fully saturated rings. The maximum atomic E-state index is 11.5. The van der Waals surface area contributed by atoms with Gasteiger partial charge in [-0.3, -0.25) is 0 Å². The van der Waals surface area contributed by atoms with Crippen LogP contribution in [-0.2, 0) is 23.0 Å². The summed E-state index contributed by atoms with van der Waals surface area (Å²) in [5.74, 6) is 0.490. The number of ether oxygens (including phenoxy) is 1. The average Bonchev–Trinajstić information content (AvgIpc) is 2.66. The molecule has 174 valence electrons. The molecule has 4 nitrogen and oxygen atoms in total. The number of hydrogen-bond donors (Lipinski definition) is 0. The minimum Gasteiger partial charge on any atom is -0.745 e. The Kier molecular flexibility index (Phi) is 16.5. The predicted octanol–water partition coefficient (Wildman–Crippen LogP) is 4.16. The van der Waals surface area contributed by atoms with Gasteiger partial charge in [-0.1, -0.05) is 84.1 Å². The van der Waals surface area contributed by atoms with Gasteiger partial charge in [-0.15, -0.1) is 0 Å². The van der Waals surface area contributed by atoms with E-state index in [4.69, 9.17) is 4.74 Å². The molecule has 0 aromatic heterocycles. The Labute approximate surface area is 214 Å². The molecule has 0 aliphatic carbocycles. The van der Waals surface area contributed by atoms with Crippen molar-refractivity contribution in [3.8, 4) is 5.75 Å². The first-order chi connectivity index (χ1) is 14.2. The summed E-state index contributed by atoms with van der Waals surface area (Å²) in [5, 5.41) is 0. The normalized spacial score (nSPS) is 11.9. The topological polar surface area (TPSA) is 66.4 Å². The Morgan fingerprint density at radius 1 is 0.742 bits per heavy atom. The first kappa shape index (κ1) is 30.9. The third-order valence-electron chi connectivity index (χ3n) is 5.63. The van der Waals surface area contributed by atoms with Crippen LogP contribution in [0.3, 0.4) is 0 Å². The molecule has 1 rings (SSSR count). The summed E-state index contributed by atoms with van der Waals surface area (Å²) in [6.45, 7) is 7.09. The van der Waals surface area contributed by atoms with Crippen molar-refractivity contribution < 1.29 is 47.3 Å². The quantitative estimate of drug-likeness (QED) is 0.198. The Morgan fingerprint density at radius 3 is 1.52 bits per heavy atom. The molecule has 0 heterocycles. The summed E-state index contributed by atoms with van der Waals surface area (Å²) in [6.07, 6.45) is 16.8. The van der Waals surface area contributed by atoms with Crippen molar-refractivity contribution in [1.82, 2.24) is 0 Å². The first-order valence-electron chi connectivity index (χ1n) is 12.0. The largest absolute Gasteiger partial charge is 1.00 e. The van der Waals surface area contributed by atoms with Crippen molar-refractivity contribution in [3.05, 3.63) is 29.3 Å². The maximum absolute atomic E-state index is 11.5. The molecule has 6 heteroatoms. The van der Waals surface area contributed by atoms with E-state index < -0.39 is 15.1 Å². The van der Waals surface area contributed by atoms with Crippen LogP contribution >= 0.6 is 0 Å². The van der Waals surface area contributed by atoms with E-state index in [1.807, 2.05) is 12.1 Å². The number of benzene rings is 1. The van der Waals surface area contributed by atoms with Gasteiger partial charge in [-0.2, -0.15) is 0 Å². The Bertz CT molecular complexity index is 667. The molecule has 0 aliphatic rings. The Morgan fingerprint density at radius 2 is 1.13 bits per heavy atom. The van der Waals surface area contributed by atoms with E-state index in [1.54, 1.807) is 0 Å². The van der Waals surface area contributed by atoms with Gasteiger partial charge in [0, 0.05) is 0 Å². The minimum absolute atomic E-state index is 0. The molecular formula is C25H43NaO4S. The van der Waals surface area contributed by atoms with Crippen LogP contribution in [0.15, 0.2) is 18.2 Å². The van der Waals surface area contributed by atoms with E-state index in [0.29, 0.717) is 5.75 Å². The van der Waals surface area contributed by atoms with E-state index in [2.05, 4.69) is 19.9 Å². The second kappa shape index (κ2) is 16.5. The molecule has 0 unspecified atom stereocenters. The molecule has 0 spiro atoms. The van der Waals surface area contributed by atoms with Crippen molar-refractivity contribution >= 4 is 10.1 Å². The van der Waals surface area contributed by atoms with Crippen molar-refractivity contribution in [2.75, 3.05) is 0 Å². The van der Waals surface area contributed by atoms with Gasteiger partial charge in [0.15, 0.2) is 4.93 Å². The van der Waals surface area contributed by atoms with Crippen molar-refractivity contribution in [2.24, 2.45) is 0 Å². The van der Waals surface area contributed by atoms with Gasteiger partial charge in [0.05, 0.1) is 0 Å². The van der Waals surface area contributed by atoms with E-state index in [1.165, 1.54) is 89.2 Å². The van der Waals surface area contributed by atoms with Crippen molar-refractivity contribution in [1.29, 1.82) is 0 Å². The molecule has 1 aromatic rings. The average molecular weight is 463 g/mol. The summed E-state index contributed by atoms with van der Waals surface area (Å²) in [6, 6.07) is 6.04. The number of rotatable bonds is 17. The summed E-state index contributed by atoms with van der Waals surface area (Å²) >= 11 is 0. The van der Waals surface area contributed by atoms with E-state index in [9.17, 15) is 13.0 Å². The van der Waals surface area contributed by atoms with Crippen LogP contribution in [0, 0.1) is 0 Å². The fourth-order valence-electron chi connectivity index (χ4n) is 3.63. The molecule has 0 saturated heterocycles. The van der Waals surface area contributed by atoms with E-state index in [-0.39, 0.29) is 29.6 Å². The van der Waals surface area contributed by atoms with Crippen LogP contribution in [0.25, 0.3) is 0 Å². The molecule has 0 saturated carbocycles. The predicted molar refractivity (Wildman–Crippen MR) is 125 cm³/mol. The smallest absolute Gasteiger partial charge is 0.745 e. The summed E-state index contributed by atoms with van der Waals surface area (Å²) in [7, 11) is -4.56. The van der Waals surface area contributed by atoms with Gasteiger partial charge in [-0.05, 0) is 62.8 Å². The van der Waals surface area contributed by atoms with Crippen molar-refractivity contribution in [2.45, 2.75) is 123 Å². The van der Waals surface area contributed by atoms with Crippen LogP contribution in [0.4, 0.5) is 0 Å². The zero-order chi connectivity index (χ0) is 22.5. The molecular weight excluding hydrogens is 419 g/mol. The molecule has 0 bridgehead atoms. The zero-order valence-corrected chi connectivity index (χ0v) is 23.5. The van der Waals surface area contributed by atoms with Gasteiger partial charge in [0.2, 0.25) is 0 Å². The van der Waals surface area contributed by atoms with Gasteiger partial charge in [0.25, 0.3) is 0 Å². The first-order valence-corrected chi connectivity index (χ1v) is 13.4. The maximum Gasteiger partial charge on any atom is 1.00 e. The van der Waals surface area contributed by atoms with Crippen LogP contribution in [0.5, 0.6) is 5.75 Å². The van der Waals surface area contributed by atoms with Gasteiger partial charge >= 0.3 is 29.6 Å². The molecule has 0 N–H and O–H groups in total. The van der Waals surface area contributed by atoms with Gasteiger partial charge < -0.3 is 9.29 Å². The van der Waals surface area contributed by atoms with Crippen LogP contribution in [0.2, 0.25) is 0 Å². The van der Waals surface area contributed by atoms with E-state index >= 15 is 0 Å². The summed E-state index contributed by atoms with van der Waals surface area (Å²) < 4.78 is 40.3. The summed E-state index contributed by atoms with van der Waals surface area (Å²) in [5.41, 5.74) is 2.34. The molecule has 1 aromatic carbocycles. The Balaban J connectivity index is 0.00000900. The van der Waals surface area contributed by atoms with Crippen LogP contribution < -0.4 is 34.3 Å². The fraction of sp³-hybridized carbons (Fsp3) is 0.760. The molecule has 0 aliphatic heterocycles. The summed E-state index contributed by atoms with van der Waals surface area (Å²) in [4.78, 5) is -1.77. The minimum atomic E-state index is -4.56. The third kappa shape index (κ3) is 13.3. The third-order valence-corrected chi connectivity index (χ3v) is 6.92. The Hall–Kier alpha value is -0.0700. The number of unbranched alkanes of at least 4 members (excludes halogenated alkanes) is 10. The van der Waals surface area contributed by atoms with Crippen molar-refractivity contribution in [3.63, 3.8) is 0 Å². The molecule has 0 amide bonds. The second-order valence-electron chi connectivity index (χ2n) is 8.98. The van der Waals surface area contributed by atoms with Gasteiger partial charge in [0.1, 0.15) is 15.9 Å². The number of hydrogen-bond acceptors (Lipinski definition) is 4. The zero-order valence-electron chi connectivity index (χ0n) is 20.7.